The lowest BCUT2D eigenvalue weighted by atomic mass is 10.2. The van der Waals surface area contributed by atoms with Crippen molar-refractivity contribution in [1.29, 1.82) is 0 Å². The zero-order valence-corrected chi connectivity index (χ0v) is 8.87. The molecule has 66 valence electrons. The van der Waals surface area contributed by atoms with Gasteiger partial charge in [0.1, 0.15) is 0 Å². The van der Waals surface area contributed by atoms with Crippen LogP contribution >= 0.6 is 15.9 Å². The molecular formula is C10H9BrN2. The van der Waals surface area contributed by atoms with E-state index in [0.717, 1.165) is 22.4 Å². The topological polar surface area (TPSA) is 25.2 Å². The van der Waals surface area contributed by atoms with E-state index >= 15 is 0 Å². The van der Waals surface area contributed by atoms with E-state index in [1.807, 2.05) is 12.1 Å². The fourth-order valence-electron chi connectivity index (χ4n) is 1.22. The highest BCUT2D eigenvalue weighted by molar-refractivity contribution is 9.10. The molecule has 0 unspecified atom stereocenters. The number of pyridine rings is 1. The van der Waals surface area contributed by atoms with E-state index in [1.54, 1.807) is 6.20 Å². The molecule has 2 nitrogen and oxygen atoms in total. The highest BCUT2D eigenvalue weighted by Gasteiger charge is 2.07. The molecule has 2 heterocycles. The van der Waals surface area contributed by atoms with Crippen LogP contribution < -0.4 is 0 Å². The Morgan fingerprint density at radius 2 is 2.23 bits per heavy atom. The highest BCUT2D eigenvalue weighted by Crippen LogP contribution is 2.12. The summed E-state index contributed by atoms with van der Waals surface area (Å²) in [5.41, 5.74) is 3.23. The lowest BCUT2D eigenvalue weighted by Crippen LogP contribution is -1.96. The summed E-state index contributed by atoms with van der Waals surface area (Å²) in [7, 11) is 0. The number of aromatic nitrogens is 1. The molecule has 13 heavy (non-hydrogen) atoms. The van der Waals surface area contributed by atoms with Crippen molar-refractivity contribution in [2.75, 3.05) is 6.54 Å². The van der Waals surface area contributed by atoms with Crippen LogP contribution in [0.3, 0.4) is 0 Å². The molecule has 3 heteroatoms. The Hall–Kier alpha value is -0.960. The van der Waals surface area contributed by atoms with E-state index in [1.165, 1.54) is 5.57 Å². The molecule has 0 radical (unpaired) electrons. The molecule has 0 saturated carbocycles. The van der Waals surface area contributed by atoms with Crippen molar-refractivity contribution in [1.82, 2.24) is 4.98 Å². The van der Waals surface area contributed by atoms with Gasteiger partial charge in [0.25, 0.3) is 0 Å². The third-order valence-corrected chi connectivity index (χ3v) is 2.34. The molecule has 0 N–H and O–H groups in total. The first-order valence-corrected chi connectivity index (χ1v) is 4.88. The van der Waals surface area contributed by atoms with Crippen molar-refractivity contribution in [2.24, 2.45) is 4.99 Å². The van der Waals surface area contributed by atoms with E-state index in [4.69, 9.17) is 0 Å². The van der Waals surface area contributed by atoms with Crippen LogP contribution in [0.5, 0.6) is 0 Å². The number of nitrogens with zero attached hydrogens (tertiary/aromatic N) is 2. The molecule has 0 aliphatic carbocycles. The minimum absolute atomic E-state index is 0.813. The Bertz CT molecular complexity index is 376. The van der Waals surface area contributed by atoms with Crippen LogP contribution in [0.1, 0.15) is 12.6 Å². The van der Waals surface area contributed by atoms with Crippen molar-refractivity contribution in [2.45, 2.75) is 6.92 Å². The van der Waals surface area contributed by atoms with Crippen LogP contribution in [0, 0.1) is 0 Å². The van der Waals surface area contributed by atoms with E-state index in [9.17, 15) is 0 Å². The minimum atomic E-state index is 0.813. The quantitative estimate of drug-likeness (QED) is 0.736. The molecule has 0 amide bonds. The number of aliphatic imine (C=N–C) groups is 1. The van der Waals surface area contributed by atoms with Crippen LogP contribution in [-0.2, 0) is 0 Å². The van der Waals surface area contributed by atoms with Crippen LogP contribution in [0.25, 0.3) is 0 Å². The molecule has 0 saturated heterocycles. The molecule has 1 aromatic rings. The molecule has 0 bridgehead atoms. The molecule has 0 fully saturated rings. The molecule has 1 aliphatic heterocycles. The van der Waals surface area contributed by atoms with Gasteiger partial charge in [-0.05, 0) is 46.6 Å². The fraction of sp³-hybridized carbons (Fsp3) is 0.200. The summed E-state index contributed by atoms with van der Waals surface area (Å²) in [6.45, 7) is 2.89. The zero-order chi connectivity index (χ0) is 9.26. The Kier molecular flexibility index (Phi) is 2.27. The summed E-state index contributed by atoms with van der Waals surface area (Å²) in [5.74, 6) is 0. The first-order valence-electron chi connectivity index (χ1n) is 4.09. The van der Waals surface area contributed by atoms with E-state index in [2.05, 4.69) is 38.9 Å². The Morgan fingerprint density at radius 3 is 2.77 bits per heavy atom. The van der Waals surface area contributed by atoms with Crippen molar-refractivity contribution in [3.05, 3.63) is 40.1 Å². The van der Waals surface area contributed by atoms with Crippen LogP contribution in [0.2, 0.25) is 0 Å². The molecular weight excluding hydrogens is 228 g/mol. The third-order valence-electron chi connectivity index (χ3n) is 1.87. The van der Waals surface area contributed by atoms with Crippen molar-refractivity contribution in [3.63, 3.8) is 0 Å². The monoisotopic (exact) mass is 236 g/mol. The van der Waals surface area contributed by atoms with Gasteiger partial charge >= 0.3 is 0 Å². The largest absolute Gasteiger partial charge is 0.279 e. The molecule has 0 atom stereocenters. The number of rotatable bonds is 1. The van der Waals surface area contributed by atoms with Crippen LogP contribution in [-0.4, -0.2) is 17.2 Å². The smallest absolute Gasteiger partial charge is 0.0882 e. The molecule has 0 aromatic carbocycles. The van der Waals surface area contributed by atoms with E-state index in [-0.39, 0.29) is 0 Å². The summed E-state index contributed by atoms with van der Waals surface area (Å²) < 4.78 is 0.996. The maximum Gasteiger partial charge on any atom is 0.0882 e. The molecule has 1 aromatic heterocycles. The van der Waals surface area contributed by atoms with Gasteiger partial charge in [-0.25, -0.2) is 0 Å². The summed E-state index contributed by atoms with van der Waals surface area (Å²) in [5, 5.41) is 0. The Balaban J connectivity index is 2.32. The molecule has 2 rings (SSSR count). The highest BCUT2D eigenvalue weighted by atomic mass is 79.9. The Morgan fingerprint density at radius 1 is 1.38 bits per heavy atom. The predicted octanol–water partition coefficient (Wildman–Crippen LogP) is 2.59. The first kappa shape index (κ1) is 8.63. The summed E-state index contributed by atoms with van der Waals surface area (Å²) in [6, 6.07) is 3.95. The van der Waals surface area contributed by atoms with Crippen LogP contribution in [0.15, 0.2) is 39.4 Å². The normalized spacial score (nSPS) is 15.5. The van der Waals surface area contributed by atoms with Crippen molar-refractivity contribution >= 4 is 21.6 Å². The number of hydrogen-bond acceptors (Lipinski definition) is 2. The summed E-state index contributed by atoms with van der Waals surface area (Å²) in [6.07, 6.45) is 3.87. The summed E-state index contributed by atoms with van der Waals surface area (Å²) >= 11 is 3.35. The van der Waals surface area contributed by atoms with Gasteiger partial charge in [0.15, 0.2) is 0 Å². The lowest BCUT2D eigenvalue weighted by molar-refractivity contribution is 1.17. The second-order valence-electron chi connectivity index (χ2n) is 3.05. The second-order valence-corrected chi connectivity index (χ2v) is 3.97. The molecule has 1 aliphatic rings. The number of halogens is 1. The van der Waals surface area contributed by atoms with Gasteiger partial charge in [0.2, 0.25) is 0 Å². The van der Waals surface area contributed by atoms with Gasteiger partial charge in [0, 0.05) is 10.7 Å². The Labute approximate surface area is 85.5 Å². The van der Waals surface area contributed by atoms with Gasteiger partial charge in [-0.2, -0.15) is 0 Å². The van der Waals surface area contributed by atoms with Gasteiger partial charge < -0.3 is 0 Å². The van der Waals surface area contributed by atoms with Crippen LogP contribution in [0.4, 0.5) is 0 Å². The average Bonchev–Trinajstić information content (AvgIpc) is 2.53. The maximum atomic E-state index is 4.36. The van der Waals surface area contributed by atoms with Gasteiger partial charge in [0.05, 0.1) is 18.0 Å². The molecule has 0 spiro atoms. The average molecular weight is 237 g/mol. The second kappa shape index (κ2) is 3.42. The van der Waals surface area contributed by atoms with Gasteiger partial charge in [-0.15, -0.1) is 0 Å². The van der Waals surface area contributed by atoms with Crippen molar-refractivity contribution < 1.29 is 0 Å². The van der Waals surface area contributed by atoms with E-state index < -0.39 is 0 Å². The maximum absolute atomic E-state index is 4.36. The summed E-state index contributed by atoms with van der Waals surface area (Å²) in [4.78, 5) is 8.64. The number of hydrogen-bond donors (Lipinski definition) is 0. The third kappa shape index (κ3) is 1.86. The fourth-order valence-corrected chi connectivity index (χ4v) is 1.45. The van der Waals surface area contributed by atoms with Gasteiger partial charge in [-0.1, -0.05) is 0 Å². The van der Waals surface area contributed by atoms with E-state index in [0.29, 0.717) is 0 Å². The first-order chi connectivity index (χ1) is 6.25. The predicted molar refractivity (Wildman–Crippen MR) is 57.1 cm³/mol. The SMILES string of the molecule is CC1=CC(c2ccc(Br)cn2)=NC1. The van der Waals surface area contributed by atoms with Crippen molar-refractivity contribution in [3.8, 4) is 0 Å². The zero-order valence-electron chi connectivity index (χ0n) is 7.29. The number of allylic oxidation sites excluding steroid dienone is 1. The lowest BCUT2D eigenvalue weighted by Gasteiger charge is -1.96. The standard InChI is InChI=1S/C10H9BrN2/c1-7-4-10(12-5-7)9-3-2-8(11)6-13-9/h2-4,6H,5H2,1H3. The minimum Gasteiger partial charge on any atom is -0.279 e. The van der Waals surface area contributed by atoms with Gasteiger partial charge in [-0.3, -0.25) is 9.98 Å².